The van der Waals surface area contributed by atoms with E-state index in [2.05, 4.69) is 26.6 Å². The summed E-state index contributed by atoms with van der Waals surface area (Å²) < 4.78 is 0.728. The number of nitrogens with zero attached hydrogens (tertiary/aromatic N) is 1. The molecule has 1 aromatic carbocycles. The molecule has 0 aromatic heterocycles. The Kier molecular flexibility index (Phi) is 4.50. The molecule has 3 amide bonds. The second kappa shape index (κ2) is 6.41. The van der Waals surface area contributed by atoms with Crippen LogP contribution in [0.1, 0.15) is 40.5 Å². The van der Waals surface area contributed by atoms with Crippen LogP contribution in [0.25, 0.3) is 0 Å². The fourth-order valence-corrected chi connectivity index (χ4v) is 3.40. The molecule has 23 heavy (non-hydrogen) atoms. The molecule has 6 nitrogen and oxygen atoms in total. The summed E-state index contributed by atoms with van der Waals surface area (Å²) in [5, 5.41) is 6.22. The van der Waals surface area contributed by atoms with Gasteiger partial charge < -0.3 is 10.6 Å². The van der Waals surface area contributed by atoms with Crippen LogP contribution in [0.15, 0.2) is 22.7 Å². The summed E-state index contributed by atoms with van der Waals surface area (Å²) in [6.07, 6.45) is 1.89. The molecule has 2 aliphatic heterocycles. The maximum absolute atomic E-state index is 12.3. The third-order valence-electron chi connectivity index (χ3n) is 4.34. The second-order valence-electron chi connectivity index (χ2n) is 5.95. The number of carbonyl (C=O) groups is 3. The van der Waals surface area contributed by atoms with E-state index >= 15 is 0 Å². The van der Waals surface area contributed by atoms with Crippen LogP contribution in [0.3, 0.4) is 0 Å². The molecule has 3 rings (SSSR count). The Hall–Kier alpha value is -1.73. The van der Waals surface area contributed by atoms with Crippen molar-refractivity contribution in [2.24, 2.45) is 0 Å². The highest BCUT2D eigenvalue weighted by Crippen LogP contribution is 2.25. The van der Waals surface area contributed by atoms with Crippen molar-refractivity contribution >= 4 is 33.7 Å². The zero-order valence-electron chi connectivity index (χ0n) is 12.8. The summed E-state index contributed by atoms with van der Waals surface area (Å²) >= 11 is 3.29. The van der Waals surface area contributed by atoms with Crippen molar-refractivity contribution < 1.29 is 14.4 Å². The van der Waals surface area contributed by atoms with E-state index in [0.29, 0.717) is 11.1 Å². The smallest absolute Gasteiger partial charge is 0.262 e. The van der Waals surface area contributed by atoms with E-state index in [-0.39, 0.29) is 24.5 Å². The summed E-state index contributed by atoms with van der Waals surface area (Å²) in [5.41, 5.74) is 0.684. The molecule has 2 heterocycles. The minimum Gasteiger partial charge on any atom is -0.350 e. The fourth-order valence-electron chi connectivity index (χ4n) is 3.04. The quantitative estimate of drug-likeness (QED) is 0.775. The van der Waals surface area contributed by atoms with Crippen LogP contribution in [0, 0.1) is 0 Å². The van der Waals surface area contributed by atoms with Crippen LogP contribution >= 0.6 is 15.9 Å². The van der Waals surface area contributed by atoms with Gasteiger partial charge in [0.05, 0.1) is 11.1 Å². The highest BCUT2D eigenvalue weighted by Gasteiger charge is 2.37. The van der Waals surface area contributed by atoms with Gasteiger partial charge in [0.2, 0.25) is 5.91 Å². The first-order valence-electron chi connectivity index (χ1n) is 7.66. The van der Waals surface area contributed by atoms with Gasteiger partial charge in [0.25, 0.3) is 11.8 Å². The van der Waals surface area contributed by atoms with Gasteiger partial charge in [-0.05, 0) is 44.5 Å². The number of piperidine rings is 1. The summed E-state index contributed by atoms with van der Waals surface area (Å²) in [6, 6.07) is 5.14. The molecule has 2 atom stereocenters. The van der Waals surface area contributed by atoms with E-state index in [1.54, 1.807) is 18.2 Å². The van der Waals surface area contributed by atoms with Gasteiger partial charge in [-0.25, -0.2) is 0 Å². The summed E-state index contributed by atoms with van der Waals surface area (Å²) in [5.74, 6) is -1.14. The van der Waals surface area contributed by atoms with Crippen LogP contribution in [-0.2, 0) is 4.79 Å². The van der Waals surface area contributed by atoms with Gasteiger partial charge in [0.1, 0.15) is 6.54 Å². The molecule has 2 unspecified atom stereocenters. The summed E-state index contributed by atoms with van der Waals surface area (Å²) in [7, 11) is 0. The Bertz CT molecular complexity index is 677. The monoisotopic (exact) mass is 379 g/mol. The third-order valence-corrected chi connectivity index (χ3v) is 4.84. The number of imide groups is 1. The van der Waals surface area contributed by atoms with E-state index in [4.69, 9.17) is 0 Å². The molecule has 1 saturated heterocycles. The lowest BCUT2D eigenvalue weighted by Crippen LogP contribution is -2.54. The Morgan fingerprint density at radius 3 is 2.83 bits per heavy atom. The number of hydrogen-bond acceptors (Lipinski definition) is 4. The van der Waals surface area contributed by atoms with Crippen molar-refractivity contribution in [2.75, 3.05) is 13.1 Å². The van der Waals surface area contributed by atoms with Crippen molar-refractivity contribution in [2.45, 2.75) is 31.8 Å². The highest BCUT2D eigenvalue weighted by atomic mass is 79.9. The molecular weight excluding hydrogens is 362 g/mol. The predicted octanol–water partition coefficient (Wildman–Crippen LogP) is 1.30. The molecule has 0 bridgehead atoms. The van der Waals surface area contributed by atoms with Gasteiger partial charge in [-0.3, -0.25) is 19.3 Å². The average Bonchev–Trinajstić information content (AvgIpc) is 2.74. The number of carbonyl (C=O) groups excluding carboxylic acids is 3. The first kappa shape index (κ1) is 16.1. The van der Waals surface area contributed by atoms with E-state index in [1.807, 2.05) is 6.92 Å². The molecular formula is C16H18BrN3O3. The minimum atomic E-state index is -0.420. The zero-order valence-corrected chi connectivity index (χ0v) is 14.4. The molecule has 0 spiro atoms. The molecule has 1 fully saturated rings. The number of benzene rings is 1. The van der Waals surface area contributed by atoms with Crippen LogP contribution in [0.4, 0.5) is 0 Å². The Morgan fingerprint density at radius 1 is 1.35 bits per heavy atom. The van der Waals surface area contributed by atoms with Gasteiger partial charge in [-0.15, -0.1) is 0 Å². The molecule has 0 saturated carbocycles. The lowest BCUT2D eigenvalue weighted by molar-refractivity contribution is -0.122. The number of nitrogens with one attached hydrogen (secondary N) is 2. The van der Waals surface area contributed by atoms with E-state index in [9.17, 15) is 14.4 Å². The average molecular weight is 380 g/mol. The van der Waals surface area contributed by atoms with E-state index in [0.717, 1.165) is 28.8 Å². The molecule has 1 aromatic rings. The SMILES string of the molecule is CC1NCCCC1NC(=O)CN1C(=O)c2ccc(Br)cc2C1=O. The molecule has 7 heteroatoms. The number of hydrogen-bond donors (Lipinski definition) is 2. The van der Waals surface area contributed by atoms with Crippen molar-refractivity contribution in [3.8, 4) is 0 Å². The van der Waals surface area contributed by atoms with Crippen molar-refractivity contribution in [3.05, 3.63) is 33.8 Å². The van der Waals surface area contributed by atoms with Crippen molar-refractivity contribution in [3.63, 3.8) is 0 Å². The Balaban J connectivity index is 1.68. The van der Waals surface area contributed by atoms with Crippen LogP contribution in [0.5, 0.6) is 0 Å². The molecule has 2 N–H and O–H groups in total. The van der Waals surface area contributed by atoms with Gasteiger partial charge >= 0.3 is 0 Å². The molecule has 122 valence electrons. The molecule has 0 radical (unpaired) electrons. The van der Waals surface area contributed by atoms with Crippen LogP contribution in [-0.4, -0.2) is 47.8 Å². The summed E-state index contributed by atoms with van der Waals surface area (Å²) in [6.45, 7) is 2.72. The van der Waals surface area contributed by atoms with Gasteiger partial charge in [-0.2, -0.15) is 0 Å². The van der Waals surface area contributed by atoms with Crippen LogP contribution < -0.4 is 10.6 Å². The summed E-state index contributed by atoms with van der Waals surface area (Å²) in [4.78, 5) is 37.9. The lowest BCUT2D eigenvalue weighted by Gasteiger charge is -2.31. The minimum absolute atomic E-state index is 0.0283. The van der Waals surface area contributed by atoms with Gasteiger partial charge in [0.15, 0.2) is 0 Å². The largest absolute Gasteiger partial charge is 0.350 e. The van der Waals surface area contributed by atoms with Gasteiger partial charge in [-0.1, -0.05) is 15.9 Å². The highest BCUT2D eigenvalue weighted by molar-refractivity contribution is 9.10. The first-order chi connectivity index (χ1) is 11.0. The number of rotatable bonds is 3. The van der Waals surface area contributed by atoms with Crippen molar-refractivity contribution in [1.82, 2.24) is 15.5 Å². The fraction of sp³-hybridized carbons (Fsp3) is 0.438. The third kappa shape index (κ3) is 3.16. The number of amides is 3. The van der Waals surface area contributed by atoms with Gasteiger partial charge in [0, 0.05) is 16.6 Å². The maximum Gasteiger partial charge on any atom is 0.262 e. The first-order valence-corrected chi connectivity index (χ1v) is 8.45. The predicted molar refractivity (Wildman–Crippen MR) is 88.1 cm³/mol. The zero-order chi connectivity index (χ0) is 16.6. The van der Waals surface area contributed by atoms with Crippen molar-refractivity contribution in [1.29, 1.82) is 0 Å². The standard InChI is InChI=1S/C16H18BrN3O3/c1-9-13(3-2-6-18-9)19-14(21)8-20-15(22)11-5-4-10(17)7-12(11)16(20)23/h4-5,7,9,13,18H,2-3,6,8H2,1H3,(H,19,21). The Labute approximate surface area is 142 Å². The lowest BCUT2D eigenvalue weighted by atomic mass is 10.00. The maximum atomic E-state index is 12.3. The topological polar surface area (TPSA) is 78.5 Å². The second-order valence-corrected chi connectivity index (χ2v) is 6.86. The van der Waals surface area contributed by atoms with Crippen LogP contribution in [0.2, 0.25) is 0 Å². The Morgan fingerprint density at radius 2 is 2.09 bits per heavy atom. The number of halogens is 1. The molecule has 0 aliphatic carbocycles. The normalized spacial score (nSPS) is 23.8. The number of fused-ring (bicyclic) bond motifs is 1. The van der Waals surface area contributed by atoms with E-state index < -0.39 is 11.8 Å². The van der Waals surface area contributed by atoms with E-state index in [1.165, 1.54) is 0 Å². The molecule has 2 aliphatic rings.